The van der Waals surface area contributed by atoms with Gasteiger partial charge in [-0.25, -0.2) is 0 Å². The van der Waals surface area contributed by atoms with Crippen LogP contribution in [0.5, 0.6) is 0 Å². The third-order valence-electron chi connectivity index (χ3n) is 7.74. The van der Waals surface area contributed by atoms with Crippen LogP contribution in [0.2, 0.25) is 5.02 Å². The molecule has 192 valence electrons. The van der Waals surface area contributed by atoms with Gasteiger partial charge < -0.3 is 15.3 Å². The van der Waals surface area contributed by atoms with Gasteiger partial charge in [0, 0.05) is 18.8 Å². The SMILES string of the molecule is Cc1ccc(NC(=O)CC(CCC(=O)O)C2NOC(C3CC(CCC(C)C)C3)=C2C2CC2)c(Cl)c1. The van der Waals surface area contributed by atoms with Gasteiger partial charge in [0.2, 0.25) is 5.91 Å². The Balaban J connectivity index is 1.45. The maximum atomic E-state index is 13.0. The van der Waals surface area contributed by atoms with Gasteiger partial charge in [-0.05, 0) is 86.0 Å². The number of aliphatic carboxylic acids is 1. The van der Waals surface area contributed by atoms with Gasteiger partial charge in [-0.1, -0.05) is 44.4 Å². The summed E-state index contributed by atoms with van der Waals surface area (Å²) in [6.45, 7) is 6.50. The van der Waals surface area contributed by atoms with Crippen LogP contribution in [0.25, 0.3) is 0 Å². The molecule has 0 bridgehead atoms. The number of anilines is 1. The van der Waals surface area contributed by atoms with Crippen LogP contribution in [0.15, 0.2) is 29.5 Å². The molecule has 6 nitrogen and oxygen atoms in total. The standard InChI is InChI=1S/C28H39ClN2O4/c1-16(2)4-6-18-13-21(14-18)28-26(19-7-8-19)27(31-35-28)20(9-11-25(33)34)15-24(32)30-23-10-5-17(3)12-22(23)29/h5,10,12,16,18-21,27,31H,4,6-9,11,13-15H2,1-3H3,(H,30,32)(H,33,34). The van der Waals surface area contributed by atoms with E-state index in [1.807, 2.05) is 19.1 Å². The second-order valence-corrected chi connectivity index (χ2v) is 11.6. The molecule has 0 radical (unpaired) electrons. The molecule has 1 aromatic rings. The minimum atomic E-state index is -0.847. The normalized spacial score (nSPS) is 24.8. The molecule has 7 heteroatoms. The molecule has 2 aliphatic carbocycles. The van der Waals surface area contributed by atoms with E-state index in [4.69, 9.17) is 16.4 Å². The molecule has 2 unspecified atom stereocenters. The molecule has 0 spiro atoms. The highest BCUT2D eigenvalue weighted by molar-refractivity contribution is 6.33. The Morgan fingerprint density at radius 1 is 1.20 bits per heavy atom. The minimum Gasteiger partial charge on any atom is -0.481 e. The highest BCUT2D eigenvalue weighted by Crippen LogP contribution is 2.51. The number of nitrogens with one attached hydrogen (secondary N) is 2. The summed E-state index contributed by atoms with van der Waals surface area (Å²) < 4.78 is 0. The Labute approximate surface area is 213 Å². The molecule has 1 amide bonds. The van der Waals surface area contributed by atoms with Crippen LogP contribution in [-0.4, -0.2) is 23.0 Å². The second kappa shape index (κ2) is 11.3. The molecule has 2 saturated carbocycles. The van der Waals surface area contributed by atoms with Crippen molar-refractivity contribution < 1.29 is 19.5 Å². The van der Waals surface area contributed by atoms with E-state index in [-0.39, 0.29) is 30.7 Å². The van der Waals surface area contributed by atoms with Crippen molar-refractivity contribution in [2.24, 2.45) is 29.6 Å². The summed E-state index contributed by atoms with van der Waals surface area (Å²) >= 11 is 6.31. The topological polar surface area (TPSA) is 87.7 Å². The molecule has 0 aromatic heterocycles. The summed E-state index contributed by atoms with van der Waals surface area (Å²) in [5.74, 6) is 2.35. The first kappa shape index (κ1) is 26.0. The van der Waals surface area contributed by atoms with E-state index in [2.05, 4.69) is 24.6 Å². The van der Waals surface area contributed by atoms with Crippen LogP contribution in [0, 0.1) is 36.5 Å². The van der Waals surface area contributed by atoms with Crippen molar-refractivity contribution in [3.63, 3.8) is 0 Å². The number of hydrogen-bond donors (Lipinski definition) is 3. The molecule has 2 fully saturated rings. The molecule has 3 aliphatic rings. The quantitative estimate of drug-likeness (QED) is 0.304. The molecular formula is C28H39ClN2O4. The van der Waals surface area contributed by atoms with Gasteiger partial charge in [-0.15, -0.1) is 5.48 Å². The first-order valence-electron chi connectivity index (χ1n) is 13.1. The fourth-order valence-electron chi connectivity index (χ4n) is 5.53. The number of hydroxylamine groups is 1. The van der Waals surface area contributed by atoms with E-state index in [0.717, 1.165) is 36.0 Å². The lowest BCUT2D eigenvalue weighted by Crippen LogP contribution is -2.36. The van der Waals surface area contributed by atoms with Crippen molar-refractivity contribution in [2.75, 3.05) is 5.32 Å². The van der Waals surface area contributed by atoms with Crippen molar-refractivity contribution in [3.05, 3.63) is 40.1 Å². The smallest absolute Gasteiger partial charge is 0.303 e. The van der Waals surface area contributed by atoms with Gasteiger partial charge in [-0.2, -0.15) is 0 Å². The highest BCUT2D eigenvalue weighted by Gasteiger charge is 2.46. The molecular weight excluding hydrogens is 464 g/mol. The lowest BCUT2D eigenvalue weighted by molar-refractivity contribution is -0.137. The number of halogens is 1. The third-order valence-corrected chi connectivity index (χ3v) is 8.05. The number of rotatable bonds is 12. The molecule has 0 saturated heterocycles. The van der Waals surface area contributed by atoms with Crippen LogP contribution < -0.4 is 10.8 Å². The molecule has 4 rings (SSSR count). The van der Waals surface area contributed by atoms with Crippen LogP contribution in [-0.2, 0) is 14.4 Å². The zero-order valence-electron chi connectivity index (χ0n) is 21.1. The lowest BCUT2D eigenvalue weighted by Gasteiger charge is -2.36. The van der Waals surface area contributed by atoms with Crippen LogP contribution >= 0.6 is 11.6 Å². The van der Waals surface area contributed by atoms with E-state index in [1.165, 1.54) is 31.3 Å². The monoisotopic (exact) mass is 502 g/mol. The number of amides is 1. The number of carboxylic acids is 1. The number of benzene rings is 1. The Kier molecular flexibility index (Phi) is 8.43. The minimum absolute atomic E-state index is 0.0232. The highest BCUT2D eigenvalue weighted by atomic mass is 35.5. The van der Waals surface area contributed by atoms with E-state index in [1.54, 1.807) is 6.07 Å². The number of allylic oxidation sites excluding steroid dienone is 1. The van der Waals surface area contributed by atoms with Crippen LogP contribution in [0.4, 0.5) is 5.69 Å². The predicted molar refractivity (Wildman–Crippen MR) is 138 cm³/mol. The summed E-state index contributed by atoms with van der Waals surface area (Å²) in [6, 6.07) is 5.41. The molecule has 35 heavy (non-hydrogen) atoms. The van der Waals surface area contributed by atoms with E-state index >= 15 is 0 Å². The summed E-state index contributed by atoms with van der Waals surface area (Å²) in [5, 5.41) is 12.8. The summed E-state index contributed by atoms with van der Waals surface area (Å²) in [4.78, 5) is 30.5. The Bertz CT molecular complexity index is 966. The van der Waals surface area contributed by atoms with Gasteiger partial charge in [0.15, 0.2) is 0 Å². The number of carbonyl (C=O) groups is 2. The Morgan fingerprint density at radius 2 is 1.94 bits per heavy atom. The number of carboxylic acid groups (broad SMARTS) is 1. The number of aryl methyl sites for hydroxylation is 1. The van der Waals surface area contributed by atoms with E-state index < -0.39 is 5.97 Å². The summed E-state index contributed by atoms with van der Waals surface area (Å²) in [5.41, 5.74) is 6.13. The van der Waals surface area contributed by atoms with Crippen molar-refractivity contribution in [1.29, 1.82) is 0 Å². The molecule has 1 aromatic carbocycles. The zero-order chi connectivity index (χ0) is 25.1. The summed E-state index contributed by atoms with van der Waals surface area (Å²) in [7, 11) is 0. The zero-order valence-corrected chi connectivity index (χ0v) is 21.9. The molecule has 2 atom stereocenters. The fourth-order valence-corrected chi connectivity index (χ4v) is 5.81. The number of hydrogen-bond acceptors (Lipinski definition) is 4. The van der Waals surface area contributed by atoms with Gasteiger partial charge >= 0.3 is 5.97 Å². The van der Waals surface area contributed by atoms with Gasteiger partial charge in [0.1, 0.15) is 5.76 Å². The van der Waals surface area contributed by atoms with Crippen molar-refractivity contribution in [3.8, 4) is 0 Å². The Morgan fingerprint density at radius 3 is 2.57 bits per heavy atom. The maximum Gasteiger partial charge on any atom is 0.303 e. The predicted octanol–water partition coefficient (Wildman–Crippen LogP) is 6.49. The fraction of sp³-hybridized carbons (Fsp3) is 0.643. The van der Waals surface area contributed by atoms with Crippen molar-refractivity contribution in [1.82, 2.24) is 5.48 Å². The van der Waals surface area contributed by atoms with Crippen LogP contribution in [0.1, 0.15) is 77.2 Å². The molecule has 1 aliphatic heterocycles. The lowest BCUT2D eigenvalue weighted by atomic mass is 9.69. The summed E-state index contributed by atoms with van der Waals surface area (Å²) in [6.07, 6.45) is 7.81. The molecule has 1 heterocycles. The average Bonchev–Trinajstić information content (AvgIpc) is 3.51. The Hall–Kier alpha value is -2.05. The molecule has 3 N–H and O–H groups in total. The van der Waals surface area contributed by atoms with Gasteiger partial charge in [0.25, 0.3) is 0 Å². The van der Waals surface area contributed by atoms with Crippen molar-refractivity contribution >= 4 is 29.2 Å². The van der Waals surface area contributed by atoms with E-state index in [0.29, 0.717) is 29.0 Å². The van der Waals surface area contributed by atoms with Crippen molar-refractivity contribution in [2.45, 2.75) is 84.6 Å². The average molecular weight is 503 g/mol. The maximum absolute atomic E-state index is 13.0. The second-order valence-electron chi connectivity index (χ2n) is 11.2. The third kappa shape index (κ3) is 6.79. The number of carbonyl (C=O) groups excluding carboxylic acids is 1. The largest absolute Gasteiger partial charge is 0.481 e. The first-order chi connectivity index (χ1) is 16.7. The van der Waals surface area contributed by atoms with Crippen LogP contribution in [0.3, 0.4) is 0 Å². The first-order valence-corrected chi connectivity index (χ1v) is 13.5. The van der Waals surface area contributed by atoms with Gasteiger partial charge in [-0.3, -0.25) is 9.59 Å². The van der Waals surface area contributed by atoms with E-state index in [9.17, 15) is 14.7 Å². The van der Waals surface area contributed by atoms with Gasteiger partial charge in [0.05, 0.1) is 16.8 Å².